The molecule has 104 valence electrons. The molecule has 0 fully saturated rings. The van der Waals surface area contributed by atoms with Gasteiger partial charge in [-0.2, -0.15) is 11.8 Å². The molecule has 1 unspecified atom stereocenters. The minimum Gasteiger partial charge on any atom is -0.479 e. The summed E-state index contributed by atoms with van der Waals surface area (Å²) >= 11 is 4.95. The zero-order valence-corrected chi connectivity index (χ0v) is 13.0. The Hall–Kier alpha value is -1.01. The van der Waals surface area contributed by atoms with E-state index in [0.29, 0.717) is 12.0 Å². The Balaban J connectivity index is 2.65. The number of thioether (sulfide) groups is 1. The van der Waals surface area contributed by atoms with Crippen molar-refractivity contribution >= 4 is 39.6 Å². The standard InChI is InChI=1S/C13H16BrNO3S/c1-19-8-2-3-11(16)15-12(13(17)18)9-4-6-10(14)7-5-9/h4-7,12H,2-3,8H2,1H3,(H,15,16)(H,17,18). The maximum absolute atomic E-state index is 11.7. The quantitative estimate of drug-likeness (QED) is 0.745. The van der Waals surface area contributed by atoms with E-state index in [1.54, 1.807) is 36.0 Å². The minimum atomic E-state index is -1.06. The number of carboxylic acid groups (broad SMARTS) is 1. The van der Waals surface area contributed by atoms with Gasteiger partial charge >= 0.3 is 5.97 Å². The Bertz CT molecular complexity index is 436. The van der Waals surface area contributed by atoms with Crippen LogP contribution in [0, 0.1) is 0 Å². The Morgan fingerprint density at radius 3 is 2.53 bits per heavy atom. The second-order valence-electron chi connectivity index (χ2n) is 3.99. The van der Waals surface area contributed by atoms with E-state index in [2.05, 4.69) is 21.2 Å². The van der Waals surface area contributed by atoms with Crippen LogP contribution in [0.15, 0.2) is 28.7 Å². The monoisotopic (exact) mass is 345 g/mol. The first-order valence-electron chi connectivity index (χ1n) is 5.81. The smallest absolute Gasteiger partial charge is 0.330 e. The van der Waals surface area contributed by atoms with Crippen molar-refractivity contribution in [2.24, 2.45) is 0 Å². The molecule has 4 nitrogen and oxygen atoms in total. The van der Waals surface area contributed by atoms with Gasteiger partial charge in [0.2, 0.25) is 5.91 Å². The van der Waals surface area contributed by atoms with Gasteiger partial charge in [-0.05, 0) is 36.1 Å². The first-order valence-corrected chi connectivity index (χ1v) is 8.00. The second kappa shape index (κ2) is 8.22. The number of rotatable bonds is 7. The lowest BCUT2D eigenvalue weighted by molar-refractivity contribution is -0.142. The maximum atomic E-state index is 11.7. The van der Waals surface area contributed by atoms with E-state index in [1.165, 1.54) is 0 Å². The number of carbonyl (C=O) groups is 2. The van der Waals surface area contributed by atoms with Gasteiger partial charge in [-0.25, -0.2) is 4.79 Å². The zero-order valence-electron chi connectivity index (χ0n) is 10.6. The predicted molar refractivity (Wildman–Crippen MR) is 80.3 cm³/mol. The highest BCUT2D eigenvalue weighted by atomic mass is 79.9. The van der Waals surface area contributed by atoms with Crippen LogP contribution >= 0.6 is 27.7 Å². The SMILES string of the molecule is CSCCCC(=O)NC(C(=O)O)c1ccc(Br)cc1. The molecule has 2 N–H and O–H groups in total. The van der Waals surface area contributed by atoms with E-state index in [1.807, 2.05) is 6.26 Å². The highest BCUT2D eigenvalue weighted by molar-refractivity contribution is 9.10. The summed E-state index contributed by atoms with van der Waals surface area (Å²) in [4.78, 5) is 22.9. The second-order valence-corrected chi connectivity index (χ2v) is 5.89. The van der Waals surface area contributed by atoms with E-state index in [4.69, 9.17) is 0 Å². The number of halogens is 1. The number of benzene rings is 1. The van der Waals surface area contributed by atoms with Crippen LogP contribution in [0.1, 0.15) is 24.4 Å². The molecule has 1 rings (SSSR count). The van der Waals surface area contributed by atoms with Crippen molar-refractivity contribution in [2.45, 2.75) is 18.9 Å². The Morgan fingerprint density at radius 1 is 1.37 bits per heavy atom. The van der Waals surface area contributed by atoms with Crippen LogP contribution in [-0.2, 0) is 9.59 Å². The fourth-order valence-electron chi connectivity index (χ4n) is 1.55. The summed E-state index contributed by atoms with van der Waals surface area (Å²) in [7, 11) is 0. The van der Waals surface area contributed by atoms with Gasteiger partial charge < -0.3 is 10.4 Å². The molecule has 1 amide bonds. The number of aliphatic carboxylic acids is 1. The van der Waals surface area contributed by atoms with E-state index in [-0.39, 0.29) is 5.91 Å². The summed E-state index contributed by atoms with van der Waals surface area (Å²) in [6.07, 6.45) is 3.07. The summed E-state index contributed by atoms with van der Waals surface area (Å²) in [5, 5.41) is 11.7. The molecule has 0 aliphatic heterocycles. The molecule has 0 spiro atoms. The number of carboxylic acids is 1. The first-order chi connectivity index (χ1) is 9.04. The van der Waals surface area contributed by atoms with Gasteiger partial charge in [-0.3, -0.25) is 4.79 Å². The van der Waals surface area contributed by atoms with Gasteiger partial charge in [0, 0.05) is 10.9 Å². The third-order valence-corrected chi connectivity index (χ3v) is 3.73. The molecule has 19 heavy (non-hydrogen) atoms. The summed E-state index contributed by atoms with van der Waals surface area (Å²) in [6.45, 7) is 0. The van der Waals surface area contributed by atoms with Gasteiger partial charge in [-0.15, -0.1) is 0 Å². The molecule has 0 aliphatic rings. The van der Waals surface area contributed by atoms with Crippen molar-refractivity contribution in [2.75, 3.05) is 12.0 Å². The third kappa shape index (κ3) is 5.65. The third-order valence-electron chi connectivity index (χ3n) is 2.51. The van der Waals surface area contributed by atoms with Crippen molar-refractivity contribution in [3.05, 3.63) is 34.3 Å². The first kappa shape index (κ1) is 16.0. The fourth-order valence-corrected chi connectivity index (χ4v) is 2.25. The van der Waals surface area contributed by atoms with Crippen molar-refractivity contribution in [1.29, 1.82) is 0 Å². The van der Waals surface area contributed by atoms with Crippen molar-refractivity contribution < 1.29 is 14.7 Å². The van der Waals surface area contributed by atoms with Crippen molar-refractivity contribution in [1.82, 2.24) is 5.32 Å². The van der Waals surface area contributed by atoms with Crippen LogP contribution in [-0.4, -0.2) is 29.0 Å². The molecular weight excluding hydrogens is 330 g/mol. The highest BCUT2D eigenvalue weighted by Crippen LogP contribution is 2.17. The fraction of sp³-hybridized carbons (Fsp3) is 0.385. The Morgan fingerprint density at radius 2 is 2.00 bits per heavy atom. The van der Waals surface area contributed by atoms with Crippen LogP contribution < -0.4 is 5.32 Å². The minimum absolute atomic E-state index is 0.232. The maximum Gasteiger partial charge on any atom is 0.330 e. The molecule has 0 heterocycles. The molecule has 0 aliphatic carbocycles. The average Bonchev–Trinajstić information content (AvgIpc) is 2.37. The molecule has 0 aromatic heterocycles. The van der Waals surface area contributed by atoms with E-state index in [0.717, 1.165) is 16.6 Å². The summed E-state index contributed by atoms with van der Waals surface area (Å²) in [5.41, 5.74) is 0.564. The van der Waals surface area contributed by atoms with Crippen LogP contribution in [0.4, 0.5) is 0 Å². The van der Waals surface area contributed by atoms with Gasteiger partial charge in [-0.1, -0.05) is 28.1 Å². The molecule has 0 saturated heterocycles. The van der Waals surface area contributed by atoms with Crippen LogP contribution in [0.2, 0.25) is 0 Å². The predicted octanol–water partition coefficient (Wildman–Crippen LogP) is 2.83. The van der Waals surface area contributed by atoms with Crippen LogP contribution in [0.25, 0.3) is 0 Å². The number of nitrogens with one attached hydrogen (secondary N) is 1. The lowest BCUT2D eigenvalue weighted by atomic mass is 10.1. The van der Waals surface area contributed by atoms with Gasteiger partial charge in [0.25, 0.3) is 0 Å². The van der Waals surface area contributed by atoms with Gasteiger partial charge in [0.15, 0.2) is 6.04 Å². The van der Waals surface area contributed by atoms with Crippen molar-refractivity contribution in [3.63, 3.8) is 0 Å². The Labute approximate surface area is 125 Å². The summed E-state index contributed by atoms with van der Waals surface area (Å²) in [6, 6.07) is 5.89. The van der Waals surface area contributed by atoms with E-state index in [9.17, 15) is 14.7 Å². The highest BCUT2D eigenvalue weighted by Gasteiger charge is 2.21. The van der Waals surface area contributed by atoms with Gasteiger partial charge in [0.1, 0.15) is 0 Å². The molecule has 1 aromatic carbocycles. The number of hydrogen-bond donors (Lipinski definition) is 2. The van der Waals surface area contributed by atoms with E-state index >= 15 is 0 Å². The number of amides is 1. The lowest BCUT2D eigenvalue weighted by Crippen LogP contribution is -2.33. The molecular formula is C13H16BrNO3S. The molecule has 1 aromatic rings. The lowest BCUT2D eigenvalue weighted by Gasteiger charge is -2.15. The summed E-state index contributed by atoms with van der Waals surface area (Å²) < 4.78 is 0.867. The number of hydrogen-bond acceptors (Lipinski definition) is 3. The molecule has 0 saturated carbocycles. The summed E-state index contributed by atoms with van der Waals surface area (Å²) in [5.74, 6) is -0.395. The van der Waals surface area contributed by atoms with Gasteiger partial charge in [0.05, 0.1) is 0 Å². The topological polar surface area (TPSA) is 66.4 Å². The van der Waals surface area contributed by atoms with Crippen molar-refractivity contribution in [3.8, 4) is 0 Å². The average molecular weight is 346 g/mol. The van der Waals surface area contributed by atoms with Crippen LogP contribution in [0.3, 0.4) is 0 Å². The molecule has 1 atom stereocenters. The van der Waals surface area contributed by atoms with Crippen LogP contribution in [0.5, 0.6) is 0 Å². The zero-order chi connectivity index (χ0) is 14.3. The normalized spacial score (nSPS) is 11.9. The molecule has 0 bridgehead atoms. The largest absolute Gasteiger partial charge is 0.479 e. The molecule has 6 heteroatoms. The van der Waals surface area contributed by atoms with E-state index < -0.39 is 12.0 Å². The number of carbonyl (C=O) groups excluding carboxylic acids is 1. The Kier molecular flexibility index (Phi) is 6.94. The molecule has 0 radical (unpaired) electrons.